The Morgan fingerprint density at radius 2 is 1.84 bits per heavy atom. The maximum absolute atomic E-state index is 12.6. The second kappa shape index (κ2) is 6.06. The summed E-state index contributed by atoms with van der Waals surface area (Å²) in [6.45, 7) is 6.14. The minimum atomic E-state index is -0.389. The van der Waals surface area contributed by atoms with Crippen LogP contribution in [0.5, 0.6) is 0 Å². The Morgan fingerprint density at radius 1 is 1.21 bits per heavy atom. The van der Waals surface area contributed by atoms with Crippen molar-refractivity contribution in [3.8, 4) is 0 Å². The van der Waals surface area contributed by atoms with Gasteiger partial charge in [0, 0.05) is 11.4 Å². The first-order chi connectivity index (χ1) is 9.01. The van der Waals surface area contributed by atoms with E-state index in [2.05, 4.69) is 4.90 Å². The van der Waals surface area contributed by atoms with Gasteiger partial charge in [0.2, 0.25) is 0 Å². The topological polar surface area (TPSA) is 20.3 Å². The predicted molar refractivity (Wildman–Crippen MR) is 79.7 cm³/mol. The highest BCUT2D eigenvalue weighted by Crippen LogP contribution is 2.24. The Kier molecular flexibility index (Phi) is 4.64. The van der Waals surface area contributed by atoms with Crippen molar-refractivity contribution in [1.29, 1.82) is 0 Å². The normalized spacial score (nSPS) is 17.4. The van der Waals surface area contributed by atoms with Gasteiger partial charge >= 0.3 is 0 Å². The van der Waals surface area contributed by atoms with Gasteiger partial charge in [0.05, 0.1) is 5.54 Å². The Morgan fingerprint density at radius 3 is 2.47 bits per heavy atom. The highest BCUT2D eigenvalue weighted by molar-refractivity contribution is 6.31. The number of likely N-dealkylation sites (tertiary alicyclic amines) is 1. The number of hydrogen-bond donors (Lipinski definition) is 0. The van der Waals surface area contributed by atoms with Crippen LogP contribution >= 0.6 is 11.6 Å². The summed E-state index contributed by atoms with van der Waals surface area (Å²) in [7, 11) is 0. The summed E-state index contributed by atoms with van der Waals surface area (Å²) in [5.74, 6) is 0.252. The van der Waals surface area contributed by atoms with Gasteiger partial charge in [-0.15, -0.1) is 0 Å². The van der Waals surface area contributed by atoms with Gasteiger partial charge in [-0.3, -0.25) is 9.69 Å². The molecule has 1 aromatic carbocycles. The molecule has 1 heterocycles. The fraction of sp³-hybridized carbons (Fsp3) is 0.562. The maximum Gasteiger partial charge on any atom is 0.156 e. The third kappa shape index (κ3) is 3.37. The van der Waals surface area contributed by atoms with Gasteiger partial charge in [-0.05, 0) is 51.4 Å². The maximum atomic E-state index is 12.6. The standard InChI is InChI=1S/C16H22ClNO/c1-16(2,18-10-6-3-7-11-18)15(19)12-13-8-4-5-9-14(13)17/h4-5,8-9H,3,6-7,10-12H2,1-2H3. The van der Waals surface area contributed by atoms with E-state index < -0.39 is 0 Å². The van der Waals surface area contributed by atoms with Gasteiger partial charge in [-0.2, -0.15) is 0 Å². The number of nitrogens with zero attached hydrogens (tertiary/aromatic N) is 1. The number of hydrogen-bond acceptors (Lipinski definition) is 2. The van der Waals surface area contributed by atoms with E-state index in [0.717, 1.165) is 18.7 Å². The molecule has 3 heteroatoms. The molecule has 1 fully saturated rings. The highest BCUT2D eigenvalue weighted by atomic mass is 35.5. The molecule has 1 aromatic rings. The van der Waals surface area contributed by atoms with Gasteiger partial charge in [0.15, 0.2) is 5.78 Å². The summed E-state index contributed by atoms with van der Waals surface area (Å²) in [6, 6.07) is 7.61. The Bertz CT molecular complexity index is 450. The summed E-state index contributed by atoms with van der Waals surface area (Å²) in [4.78, 5) is 14.9. The minimum Gasteiger partial charge on any atom is -0.297 e. The van der Waals surface area contributed by atoms with Crippen LogP contribution in [0, 0.1) is 0 Å². The molecule has 104 valence electrons. The van der Waals surface area contributed by atoms with Crippen molar-refractivity contribution in [3.05, 3.63) is 34.9 Å². The lowest BCUT2D eigenvalue weighted by molar-refractivity contribution is -0.129. The molecule has 1 saturated heterocycles. The van der Waals surface area contributed by atoms with Gasteiger partial charge in [-0.25, -0.2) is 0 Å². The van der Waals surface area contributed by atoms with Crippen molar-refractivity contribution in [2.24, 2.45) is 0 Å². The molecule has 1 aliphatic rings. The molecular weight excluding hydrogens is 258 g/mol. The van der Waals surface area contributed by atoms with Crippen LogP contribution < -0.4 is 0 Å². The first-order valence-electron chi connectivity index (χ1n) is 7.03. The third-order valence-corrected chi connectivity index (χ3v) is 4.51. The van der Waals surface area contributed by atoms with Crippen molar-refractivity contribution < 1.29 is 4.79 Å². The highest BCUT2D eigenvalue weighted by Gasteiger charge is 2.34. The van der Waals surface area contributed by atoms with E-state index in [0.29, 0.717) is 11.4 Å². The first-order valence-corrected chi connectivity index (χ1v) is 7.41. The van der Waals surface area contributed by atoms with Crippen LogP contribution in [0.25, 0.3) is 0 Å². The number of carbonyl (C=O) groups is 1. The van der Waals surface area contributed by atoms with Crippen molar-refractivity contribution in [3.63, 3.8) is 0 Å². The Hall–Kier alpha value is -0.860. The zero-order chi connectivity index (χ0) is 13.9. The van der Waals surface area contributed by atoms with E-state index in [1.54, 1.807) is 0 Å². The molecule has 2 rings (SSSR count). The van der Waals surface area contributed by atoms with Gasteiger partial charge < -0.3 is 0 Å². The summed E-state index contributed by atoms with van der Waals surface area (Å²) in [5.41, 5.74) is 0.541. The average Bonchev–Trinajstić information content (AvgIpc) is 2.42. The fourth-order valence-electron chi connectivity index (χ4n) is 2.66. The molecule has 0 saturated carbocycles. The molecule has 0 aromatic heterocycles. The van der Waals surface area contributed by atoms with Crippen molar-refractivity contribution in [1.82, 2.24) is 4.90 Å². The molecule has 0 radical (unpaired) electrons. The Labute approximate surface area is 120 Å². The molecule has 0 aliphatic carbocycles. The van der Waals surface area contributed by atoms with E-state index in [1.165, 1.54) is 19.3 Å². The zero-order valence-corrected chi connectivity index (χ0v) is 12.5. The molecule has 0 spiro atoms. The van der Waals surface area contributed by atoms with E-state index in [4.69, 9.17) is 11.6 Å². The van der Waals surface area contributed by atoms with Crippen molar-refractivity contribution in [2.45, 2.75) is 45.1 Å². The lowest BCUT2D eigenvalue weighted by Gasteiger charge is -2.39. The number of ketones is 1. The molecule has 0 amide bonds. The number of carbonyl (C=O) groups excluding carboxylic acids is 1. The number of benzene rings is 1. The molecule has 0 N–H and O–H groups in total. The van der Waals surface area contributed by atoms with Crippen molar-refractivity contribution >= 4 is 17.4 Å². The van der Waals surface area contributed by atoms with Gasteiger partial charge in [-0.1, -0.05) is 36.2 Å². The van der Waals surface area contributed by atoms with Crippen LogP contribution in [0.4, 0.5) is 0 Å². The number of rotatable bonds is 4. The predicted octanol–water partition coefficient (Wildman–Crippen LogP) is 3.72. The SMILES string of the molecule is CC(C)(C(=O)Cc1ccccc1Cl)N1CCCCC1. The summed E-state index contributed by atoms with van der Waals surface area (Å²) in [6.07, 6.45) is 4.10. The monoisotopic (exact) mass is 279 g/mol. The van der Waals surface area contributed by atoms with E-state index in [1.807, 2.05) is 38.1 Å². The van der Waals surface area contributed by atoms with Crippen LogP contribution in [0.1, 0.15) is 38.7 Å². The summed E-state index contributed by atoms with van der Waals surface area (Å²) < 4.78 is 0. The van der Waals surface area contributed by atoms with Gasteiger partial charge in [0.1, 0.15) is 0 Å². The van der Waals surface area contributed by atoms with Crippen LogP contribution in [0.15, 0.2) is 24.3 Å². The molecule has 2 nitrogen and oxygen atoms in total. The lowest BCUT2D eigenvalue weighted by atomic mass is 9.90. The van der Waals surface area contributed by atoms with Crippen molar-refractivity contribution in [2.75, 3.05) is 13.1 Å². The van der Waals surface area contributed by atoms with E-state index in [-0.39, 0.29) is 11.3 Å². The second-order valence-electron chi connectivity index (χ2n) is 5.80. The van der Waals surface area contributed by atoms with E-state index in [9.17, 15) is 4.79 Å². The smallest absolute Gasteiger partial charge is 0.156 e. The van der Waals surface area contributed by atoms with E-state index >= 15 is 0 Å². The molecule has 1 aliphatic heterocycles. The molecule has 0 atom stereocenters. The van der Waals surface area contributed by atoms with Crippen LogP contribution in [0.2, 0.25) is 5.02 Å². The number of halogens is 1. The van der Waals surface area contributed by atoms with Crippen LogP contribution in [-0.2, 0) is 11.2 Å². The summed E-state index contributed by atoms with van der Waals surface area (Å²) >= 11 is 6.14. The first kappa shape index (κ1) is 14.5. The minimum absolute atomic E-state index is 0.252. The van der Waals surface area contributed by atoms with Crippen LogP contribution in [0.3, 0.4) is 0 Å². The average molecular weight is 280 g/mol. The molecule has 19 heavy (non-hydrogen) atoms. The zero-order valence-electron chi connectivity index (χ0n) is 11.8. The largest absolute Gasteiger partial charge is 0.297 e. The molecular formula is C16H22ClNO. The van der Waals surface area contributed by atoms with Gasteiger partial charge in [0.25, 0.3) is 0 Å². The van der Waals surface area contributed by atoms with Crippen LogP contribution in [-0.4, -0.2) is 29.3 Å². The lowest BCUT2D eigenvalue weighted by Crippen LogP contribution is -2.52. The summed E-state index contributed by atoms with van der Waals surface area (Å²) in [5, 5.41) is 0.685. The second-order valence-corrected chi connectivity index (χ2v) is 6.21. The molecule has 0 bridgehead atoms. The molecule has 0 unspecified atom stereocenters. The number of piperidine rings is 1. The number of Topliss-reactive ketones (excluding diaryl/α,β-unsaturated/α-hetero) is 1. The fourth-order valence-corrected chi connectivity index (χ4v) is 2.86. The quantitative estimate of drug-likeness (QED) is 0.837. The Balaban J connectivity index is 2.08. The third-order valence-electron chi connectivity index (χ3n) is 4.14.